The van der Waals surface area contributed by atoms with Crippen molar-refractivity contribution in [1.82, 2.24) is 29.9 Å². The molecule has 0 bridgehead atoms. The second kappa shape index (κ2) is 7.55. The number of hydrogen-bond acceptors (Lipinski definition) is 4. The number of nitrogens with one attached hydrogen (secondary N) is 1. The third kappa shape index (κ3) is 3.33. The molecule has 0 amide bonds. The van der Waals surface area contributed by atoms with Gasteiger partial charge >= 0.3 is 0 Å². The standard InChI is InChI=1S/C20H12B5F3N6/c21-19(22,23)18(20(24,25)28)4-3-13-15(14-10-6-31-32-17(10)30-7-11(14)27)16(33-34(13)8-18)12-2-1-9(26)5-29-12/h1-2,5-7H,3-4,8H2,(H,30,31,32). The molecule has 10 radical (unpaired) electrons. The minimum Gasteiger partial charge on any atom is -0.268 e. The summed E-state index contributed by atoms with van der Waals surface area (Å²) in [4.78, 5) is 8.11. The fourth-order valence-corrected chi connectivity index (χ4v) is 4.63. The van der Waals surface area contributed by atoms with Crippen molar-refractivity contribution in [3.8, 4) is 22.5 Å². The first-order chi connectivity index (χ1) is 15.9. The number of rotatable bonds is 4. The van der Waals surface area contributed by atoms with E-state index in [2.05, 4.69) is 25.3 Å². The van der Waals surface area contributed by atoms with Crippen LogP contribution < -0.4 is 0 Å². The quantitative estimate of drug-likeness (QED) is 0.483. The van der Waals surface area contributed by atoms with Gasteiger partial charge in [0.2, 0.25) is 0 Å². The average Bonchev–Trinajstić information content (AvgIpc) is 3.37. The molecule has 0 aliphatic carbocycles. The summed E-state index contributed by atoms with van der Waals surface area (Å²) in [5.41, 5.74) is -2.84. The van der Waals surface area contributed by atoms with Crippen molar-refractivity contribution < 1.29 is 13.2 Å². The van der Waals surface area contributed by atoms with Crippen LogP contribution in [0.25, 0.3) is 33.5 Å². The van der Waals surface area contributed by atoms with Crippen LogP contribution in [-0.4, -0.2) is 74.6 Å². The lowest BCUT2D eigenvalue weighted by molar-refractivity contribution is 0.0781. The maximum atomic E-state index is 15.2. The number of H-pyrrole nitrogens is 1. The van der Waals surface area contributed by atoms with Crippen molar-refractivity contribution in [1.29, 1.82) is 0 Å². The molecule has 34 heavy (non-hydrogen) atoms. The Morgan fingerprint density at radius 2 is 1.76 bits per heavy atom. The molecule has 4 aromatic rings. The van der Waals surface area contributed by atoms with Crippen LogP contribution in [0.3, 0.4) is 0 Å². The third-order valence-corrected chi connectivity index (χ3v) is 6.48. The van der Waals surface area contributed by atoms with Gasteiger partial charge in [-0.1, -0.05) is 0 Å². The van der Waals surface area contributed by atoms with E-state index in [-0.39, 0.29) is 36.3 Å². The fraction of sp³-hybridized carbons (Fsp3) is 0.300. The molecule has 5 rings (SSSR count). The minimum absolute atomic E-state index is 0.0593. The van der Waals surface area contributed by atoms with Gasteiger partial charge in [-0.25, -0.2) is 13.8 Å². The van der Waals surface area contributed by atoms with Crippen LogP contribution in [-0.2, 0) is 13.0 Å². The molecular weight excluding hydrogens is 435 g/mol. The highest BCUT2D eigenvalue weighted by atomic mass is 19.1. The molecule has 4 aromatic heterocycles. The molecule has 1 atom stereocenters. The number of alkyl halides is 1. The highest BCUT2D eigenvalue weighted by molar-refractivity contribution is 6.60. The van der Waals surface area contributed by atoms with Gasteiger partial charge < -0.3 is 0 Å². The number of pyridine rings is 2. The smallest absolute Gasteiger partial charge is 0.155 e. The maximum absolute atomic E-state index is 15.2. The van der Waals surface area contributed by atoms with E-state index >= 15 is 8.78 Å². The number of nitrogens with zero attached hydrogens (tertiary/aromatic N) is 5. The van der Waals surface area contributed by atoms with E-state index in [1.165, 1.54) is 23.0 Å². The lowest BCUT2D eigenvalue weighted by atomic mass is 9.25. The Kier molecular flexibility index (Phi) is 5.08. The molecule has 158 valence electrons. The monoisotopic (exact) mass is 448 g/mol. The highest BCUT2D eigenvalue weighted by Crippen LogP contribution is 2.54. The summed E-state index contributed by atoms with van der Waals surface area (Å²) in [6.07, 6.45) is 3.52. The molecule has 1 N–H and O–H groups in total. The van der Waals surface area contributed by atoms with Crippen LogP contribution in [0.1, 0.15) is 12.1 Å². The first kappa shape index (κ1) is 22.9. The van der Waals surface area contributed by atoms with E-state index in [1.54, 1.807) is 0 Å². The molecule has 0 saturated carbocycles. The summed E-state index contributed by atoms with van der Waals surface area (Å²) < 4.78 is 45.3. The summed E-state index contributed by atoms with van der Waals surface area (Å²) in [6, 6.07) is 2.60. The molecule has 1 aliphatic heterocycles. The van der Waals surface area contributed by atoms with Gasteiger partial charge in [0.05, 0.1) is 47.8 Å². The van der Waals surface area contributed by atoms with Crippen LogP contribution in [0.15, 0.2) is 30.7 Å². The Balaban J connectivity index is 1.80. The van der Waals surface area contributed by atoms with E-state index < -0.39 is 27.6 Å². The Bertz CT molecular complexity index is 1380. The summed E-state index contributed by atoms with van der Waals surface area (Å²) in [5, 5.41) is 9.48. The van der Waals surface area contributed by atoms with Gasteiger partial charge in [-0.3, -0.25) is 19.2 Å². The van der Waals surface area contributed by atoms with Crippen molar-refractivity contribution in [3.05, 3.63) is 48.1 Å². The molecule has 0 spiro atoms. The zero-order valence-corrected chi connectivity index (χ0v) is 17.8. The number of fused-ring (bicyclic) bond motifs is 2. The second-order valence-corrected chi connectivity index (χ2v) is 8.59. The van der Waals surface area contributed by atoms with Gasteiger partial charge in [-0.2, -0.15) is 10.2 Å². The van der Waals surface area contributed by atoms with Crippen LogP contribution in [0.4, 0.5) is 13.2 Å². The molecule has 5 heterocycles. The number of aromatic amines is 1. The highest BCUT2D eigenvalue weighted by Gasteiger charge is 2.53. The minimum atomic E-state index is -2.86. The third-order valence-electron chi connectivity index (χ3n) is 6.48. The van der Waals surface area contributed by atoms with E-state index in [4.69, 9.17) is 39.2 Å². The molecule has 14 heteroatoms. The molecular formula is C20H12B5F3N6. The molecule has 1 aliphatic rings. The van der Waals surface area contributed by atoms with E-state index in [1.807, 2.05) is 0 Å². The van der Waals surface area contributed by atoms with Crippen LogP contribution in [0, 0.1) is 17.0 Å². The summed E-state index contributed by atoms with van der Waals surface area (Å²) >= 11 is 0. The second-order valence-electron chi connectivity index (χ2n) is 8.59. The van der Waals surface area contributed by atoms with Gasteiger partial charge in [0, 0.05) is 34.2 Å². The van der Waals surface area contributed by atoms with E-state index in [0.29, 0.717) is 22.3 Å². The SMILES string of the molecule is [B]C([B])([B])C1(C([B])([B])F)CCc2c(-c3c(F)cnc4[nH]ncc34)c(-c3ccc(F)cn3)nn2C1. The predicted molar refractivity (Wildman–Crippen MR) is 124 cm³/mol. The van der Waals surface area contributed by atoms with Crippen molar-refractivity contribution in [2.24, 2.45) is 5.41 Å². The zero-order valence-electron chi connectivity index (χ0n) is 17.8. The largest absolute Gasteiger partial charge is 0.268 e. The topological polar surface area (TPSA) is 72.3 Å². The van der Waals surface area contributed by atoms with Gasteiger partial charge in [-0.05, 0) is 30.4 Å². The lowest BCUT2D eigenvalue weighted by Crippen LogP contribution is -2.58. The van der Waals surface area contributed by atoms with Gasteiger partial charge in [-0.15, -0.1) is 5.11 Å². The van der Waals surface area contributed by atoms with Crippen LogP contribution >= 0.6 is 0 Å². The Morgan fingerprint density at radius 1 is 1.00 bits per heavy atom. The Hall–Kier alpha value is -2.91. The Morgan fingerprint density at radius 3 is 2.41 bits per heavy atom. The fourth-order valence-electron chi connectivity index (χ4n) is 4.63. The van der Waals surface area contributed by atoms with Crippen LogP contribution in [0.5, 0.6) is 0 Å². The first-order valence-electron chi connectivity index (χ1n) is 10.3. The van der Waals surface area contributed by atoms with Gasteiger partial charge in [0.25, 0.3) is 0 Å². The van der Waals surface area contributed by atoms with E-state index in [9.17, 15) is 4.39 Å². The average molecular weight is 447 g/mol. The predicted octanol–water partition coefficient (Wildman–Crippen LogP) is 1.63. The maximum Gasteiger partial charge on any atom is 0.155 e. The van der Waals surface area contributed by atoms with Crippen LogP contribution in [0.2, 0.25) is 5.11 Å². The Labute approximate surface area is 199 Å². The zero-order chi connectivity index (χ0) is 24.5. The molecule has 1 unspecified atom stereocenters. The van der Waals surface area contributed by atoms with Crippen molar-refractivity contribution in [3.63, 3.8) is 0 Å². The van der Waals surface area contributed by atoms with Crippen molar-refractivity contribution in [2.45, 2.75) is 30.0 Å². The summed E-state index contributed by atoms with van der Waals surface area (Å²) in [7, 11) is 29.1. The summed E-state index contributed by atoms with van der Waals surface area (Å²) in [6.45, 7) is -0.301. The first-order valence-corrected chi connectivity index (χ1v) is 10.3. The van der Waals surface area contributed by atoms with Crippen molar-refractivity contribution >= 4 is 50.3 Å². The number of aromatic nitrogens is 6. The summed E-state index contributed by atoms with van der Waals surface area (Å²) in [5.74, 6) is -1.21. The normalized spacial score (nSPS) is 18.8. The number of halogens is 3. The molecule has 0 aromatic carbocycles. The molecule has 0 fully saturated rings. The lowest BCUT2D eigenvalue weighted by Gasteiger charge is -2.55. The van der Waals surface area contributed by atoms with Crippen molar-refractivity contribution in [2.75, 3.05) is 0 Å². The van der Waals surface area contributed by atoms with E-state index in [0.717, 1.165) is 12.4 Å². The van der Waals surface area contributed by atoms with Gasteiger partial charge in [0.1, 0.15) is 33.0 Å². The molecule has 6 nitrogen and oxygen atoms in total. The number of hydrogen-bond donors (Lipinski definition) is 1. The molecule has 0 saturated heterocycles. The van der Waals surface area contributed by atoms with Gasteiger partial charge in [0.15, 0.2) is 5.65 Å².